The van der Waals surface area contributed by atoms with Crippen molar-refractivity contribution in [1.29, 1.82) is 0 Å². The Bertz CT molecular complexity index is 511. The monoisotopic (exact) mass is 255 g/mol. The summed E-state index contributed by atoms with van der Waals surface area (Å²) in [5.74, 6) is -0.110. The highest BCUT2D eigenvalue weighted by Crippen LogP contribution is 2.14. The van der Waals surface area contributed by atoms with Crippen LogP contribution in [0.5, 0.6) is 0 Å². The maximum absolute atomic E-state index is 11.8. The molecule has 1 unspecified atom stereocenters. The minimum Gasteiger partial charge on any atom is -0.388 e. The highest BCUT2D eigenvalue weighted by molar-refractivity contribution is 5.94. The fraction of sp³-hybridized carbons (Fsp3) is 0.188. The summed E-state index contributed by atoms with van der Waals surface area (Å²) >= 11 is 0. The lowest BCUT2D eigenvalue weighted by atomic mass is 10.1. The first-order valence-electron chi connectivity index (χ1n) is 6.33. The van der Waals surface area contributed by atoms with Gasteiger partial charge in [0, 0.05) is 12.1 Å². The van der Waals surface area contributed by atoms with Gasteiger partial charge in [0.05, 0.1) is 6.10 Å². The second kappa shape index (κ2) is 6.71. The molecule has 0 spiro atoms. The normalized spacial score (nSPS) is 11.8. The van der Waals surface area contributed by atoms with Crippen molar-refractivity contribution in [2.75, 3.05) is 6.54 Å². The first-order chi connectivity index (χ1) is 9.27. The van der Waals surface area contributed by atoms with Crippen molar-refractivity contribution in [3.05, 3.63) is 71.8 Å². The molecule has 0 aliphatic carbocycles. The first kappa shape index (κ1) is 13.3. The van der Waals surface area contributed by atoms with Crippen molar-refractivity contribution in [2.45, 2.75) is 12.5 Å². The van der Waals surface area contributed by atoms with Crippen LogP contribution in [0.2, 0.25) is 0 Å². The van der Waals surface area contributed by atoms with Crippen LogP contribution in [0, 0.1) is 0 Å². The number of aliphatic hydroxyl groups is 1. The summed E-state index contributed by atoms with van der Waals surface area (Å²) in [7, 11) is 0. The van der Waals surface area contributed by atoms with Crippen LogP contribution in [0.1, 0.15) is 28.4 Å². The Morgan fingerprint density at radius 1 is 1.00 bits per heavy atom. The number of rotatable bonds is 5. The van der Waals surface area contributed by atoms with Crippen molar-refractivity contribution in [2.24, 2.45) is 0 Å². The standard InChI is InChI=1S/C16H17NO2/c18-15(13-7-3-1-4-8-13)11-12-17-16(19)14-9-5-2-6-10-14/h1-10,15,18H,11-12H2,(H,17,19). The van der Waals surface area contributed by atoms with Crippen LogP contribution in [-0.4, -0.2) is 17.6 Å². The number of nitrogens with one attached hydrogen (secondary N) is 1. The average Bonchev–Trinajstić information content (AvgIpc) is 2.49. The lowest BCUT2D eigenvalue weighted by molar-refractivity contribution is 0.0942. The zero-order valence-electron chi connectivity index (χ0n) is 10.6. The minimum absolute atomic E-state index is 0.110. The van der Waals surface area contributed by atoms with Crippen LogP contribution < -0.4 is 5.32 Å². The number of hydrogen-bond donors (Lipinski definition) is 2. The van der Waals surface area contributed by atoms with Crippen molar-refractivity contribution in [1.82, 2.24) is 5.32 Å². The summed E-state index contributed by atoms with van der Waals surface area (Å²) in [5.41, 5.74) is 1.51. The van der Waals surface area contributed by atoms with Crippen molar-refractivity contribution >= 4 is 5.91 Å². The number of aliphatic hydroxyl groups excluding tert-OH is 1. The molecule has 0 aromatic heterocycles. The van der Waals surface area contributed by atoms with Crippen LogP contribution in [0.4, 0.5) is 0 Å². The molecule has 2 rings (SSSR count). The quantitative estimate of drug-likeness (QED) is 0.862. The Morgan fingerprint density at radius 2 is 1.58 bits per heavy atom. The van der Waals surface area contributed by atoms with Gasteiger partial charge >= 0.3 is 0 Å². The summed E-state index contributed by atoms with van der Waals surface area (Å²) in [5, 5.41) is 12.8. The summed E-state index contributed by atoms with van der Waals surface area (Å²) in [6.45, 7) is 0.448. The highest BCUT2D eigenvalue weighted by Gasteiger charge is 2.08. The van der Waals surface area contributed by atoms with Gasteiger partial charge in [-0.2, -0.15) is 0 Å². The van der Waals surface area contributed by atoms with Gasteiger partial charge in [0.15, 0.2) is 0 Å². The molecule has 0 saturated carbocycles. The lowest BCUT2D eigenvalue weighted by Crippen LogP contribution is -2.25. The Labute approximate surface area is 112 Å². The van der Waals surface area contributed by atoms with Gasteiger partial charge in [-0.1, -0.05) is 48.5 Å². The average molecular weight is 255 g/mol. The maximum atomic E-state index is 11.8. The van der Waals surface area contributed by atoms with Gasteiger partial charge < -0.3 is 10.4 Å². The zero-order chi connectivity index (χ0) is 13.5. The van der Waals surface area contributed by atoms with E-state index in [4.69, 9.17) is 0 Å². The van der Waals surface area contributed by atoms with E-state index >= 15 is 0 Å². The maximum Gasteiger partial charge on any atom is 0.251 e. The fourth-order valence-corrected chi connectivity index (χ4v) is 1.86. The molecule has 2 N–H and O–H groups in total. The molecule has 98 valence electrons. The molecule has 1 atom stereocenters. The molecule has 1 amide bonds. The van der Waals surface area contributed by atoms with Crippen LogP contribution in [0.25, 0.3) is 0 Å². The number of hydrogen-bond acceptors (Lipinski definition) is 2. The molecular weight excluding hydrogens is 238 g/mol. The van der Waals surface area contributed by atoms with Gasteiger partial charge in [0.25, 0.3) is 5.91 Å². The van der Waals surface area contributed by atoms with Gasteiger partial charge in [-0.3, -0.25) is 4.79 Å². The Morgan fingerprint density at radius 3 is 2.21 bits per heavy atom. The molecule has 0 radical (unpaired) electrons. The van der Waals surface area contributed by atoms with E-state index in [9.17, 15) is 9.90 Å². The molecule has 0 fully saturated rings. The van der Waals surface area contributed by atoms with E-state index in [0.717, 1.165) is 5.56 Å². The molecule has 19 heavy (non-hydrogen) atoms. The Kier molecular flexibility index (Phi) is 4.70. The molecule has 0 bridgehead atoms. The second-order valence-corrected chi connectivity index (χ2v) is 4.34. The molecule has 0 aliphatic rings. The van der Waals surface area contributed by atoms with E-state index in [1.165, 1.54) is 0 Å². The molecular formula is C16H17NO2. The van der Waals surface area contributed by atoms with Crippen molar-refractivity contribution in [3.8, 4) is 0 Å². The number of carbonyl (C=O) groups is 1. The third kappa shape index (κ3) is 3.93. The van der Waals surface area contributed by atoms with Gasteiger partial charge in [-0.05, 0) is 24.1 Å². The van der Waals surface area contributed by atoms with Crippen molar-refractivity contribution < 1.29 is 9.90 Å². The van der Waals surface area contributed by atoms with E-state index in [0.29, 0.717) is 18.5 Å². The molecule has 2 aromatic rings. The van der Waals surface area contributed by atoms with Crippen LogP contribution in [0.15, 0.2) is 60.7 Å². The van der Waals surface area contributed by atoms with Gasteiger partial charge in [0.2, 0.25) is 0 Å². The predicted octanol–water partition coefficient (Wildman–Crippen LogP) is 2.54. The topological polar surface area (TPSA) is 49.3 Å². The van der Waals surface area contributed by atoms with Crippen molar-refractivity contribution in [3.63, 3.8) is 0 Å². The predicted molar refractivity (Wildman–Crippen MR) is 74.8 cm³/mol. The second-order valence-electron chi connectivity index (χ2n) is 4.34. The van der Waals surface area contributed by atoms with E-state index in [1.807, 2.05) is 48.5 Å². The van der Waals surface area contributed by atoms with Crippen LogP contribution in [0.3, 0.4) is 0 Å². The van der Waals surface area contributed by atoms with Crippen LogP contribution >= 0.6 is 0 Å². The molecule has 0 heterocycles. The first-order valence-corrected chi connectivity index (χ1v) is 6.33. The number of amides is 1. The lowest BCUT2D eigenvalue weighted by Gasteiger charge is -2.11. The zero-order valence-corrected chi connectivity index (χ0v) is 10.6. The minimum atomic E-state index is -0.544. The third-order valence-electron chi connectivity index (χ3n) is 2.92. The SMILES string of the molecule is O=C(NCCC(O)c1ccccc1)c1ccccc1. The summed E-state index contributed by atoms with van der Waals surface area (Å²) in [6, 6.07) is 18.5. The van der Waals surface area contributed by atoms with Gasteiger partial charge in [0.1, 0.15) is 0 Å². The van der Waals surface area contributed by atoms with Gasteiger partial charge in [-0.15, -0.1) is 0 Å². The van der Waals surface area contributed by atoms with E-state index < -0.39 is 6.10 Å². The third-order valence-corrected chi connectivity index (χ3v) is 2.92. The molecule has 3 nitrogen and oxygen atoms in total. The summed E-state index contributed by atoms with van der Waals surface area (Å²) in [4.78, 5) is 11.8. The number of carbonyl (C=O) groups excluding carboxylic acids is 1. The van der Waals surface area contributed by atoms with E-state index in [1.54, 1.807) is 12.1 Å². The molecule has 3 heteroatoms. The number of benzene rings is 2. The molecule has 0 saturated heterocycles. The van der Waals surface area contributed by atoms with Gasteiger partial charge in [-0.25, -0.2) is 0 Å². The van der Waals surface area contributed by atoms with Crippen LogP contribution in [-0.2, 0) is 0 Å². The largest absolute Gasteiger partial charge is 0.388 e. The van der Waals surface area contributed by atoms with E-state index in [2.05, 4.69) is 5.32 Å². The molecule has 0 aliphatic heterocycles. The summed E-state index contributed by atoms with van der Waals surface area (Å²) in [6.07, 6.45) is -0.0416. The van der Waals surface area contributed by atoms with E-state index in [-0.39, 0.29) is 5.91 Å². The Balaban J connectivity index is 1.79. The Hall–Kier alpha value is -2.13. The smallest absolute Gasteiger partial charge is 0.251 e. The fourth-order valence-electron chi connectivity index (χ4n) is 1.86. The molecule has 2 aromatic carbocycles. The highest BCUT2D eigenvalue weighted by atomic mass is 16.3. The summed E-state index contributed by atoms with van der Waals surface area (Å²) < 4.78 is 0.